The van der Waals surface area contributed by atoms with Gasteiger partial charge in [-0.1, -0.05) is 0 Å². The first-order chi connectivity index (χ1) is 10.2. The first-order valence-corrected chi connectivity index (χ1v) is 6.90. The molecule has 0 fully saturated rings. The molecule has 116 valence electrons. The van der Waals surface area contributed by atoms with Crippen molar-refractivity contribution in [3.05, 3.63) is 62.7 Å². The fourth-order valence-corrected chi connectivity index (χ4v) is 2.04. The predicted molar refractivity (Wildman–Crippen MR) is 78.5 cm³/mol. The number of alkyl halides is 3. The minimum atomic E-state index is -4.51. The van der Waals surface area contributed by atoms with Crippen LogP contribution in [-0.4, -0.2) is 5.91 Å². The highest BCUT2D eigenvalue weighted by Gasteiger charge is 2.30. The molecule has 1 amide bonds. The van der Waals surface area contributed by atoms with Gasteiger partial charge in [0.2, 0.25) is 0 Å². The molecule has 2 aromatic rings. The Hall–Kier alpha value is -1.71. The minimum Gasteiger partial charge on any atom is -0.319 e. The van der Waals surface area contributed by atoms with E-state index in [1.165, 1.54) is 12.1 Å². The number of rotatable bonds is 2. The van der Waals surface area contributed by atoms with Crippen LogP contribution in [0, 0.1) is 15.2 Å². The first-order valence-electron chi connectivity index (χ1n) is 5.82. The molecule has 0 bridgehead atoms. The monoisotopic (exact) mass is 427 g/mol. The van der Waals surface area contributed by atoms with E-state index in [9.17, 15) is 26.7 Å². The maximum absolute atomic E-state index is 13.6. The highest BCUT2D eigenvalue weighted by Crippen LogP contribution is 2.29. The second-order valence-corrected chi connectivity index (χ2v) is 5.41. The molecule has 0 atom stereocenters. The van der Waals surface area contributed by atoms with E-state index in [4.69, 9.17) is 0 Å². The second kappa shape index (κ2) is 6.19. The van der Waals surface area contributed by atoms with Gasteiger partial charge in [0.05, 0.1) is 14.8 Å². The van der Waals surface area contributed by atoms with E-state index in [0.717, 1.165) is 24.3 Å². The fraction of sp³-hybridized carbons (Fsp3) is 0.0714. The first kappa shape index (κ1) is 16.7. The molecule has 0 heterocycles. The number of carbonyl (C=O) groups is 1. The molecule has 0 spiro atoms. The van der Waals surface area contributed by atoms with Gasteiger partial charge >= 0.3 is 6.18 Å². The van der Waals surface area contributed by atoms with Crippen molar-refractivity contribution in [2.24, 2.45) is 0 Å². The van der Waals surface area contributed by atoms with Crippen LogP contribution in [0.1, 0.15) is 15.9 Å². The van der Waals surface area contributed by atoms with Gasteiger partial charge in [-0.15, -0.1) is 0 Å². The number of carbonyl (C=O) groups excluding carboxylic acids is 1. The Morgan fingerprint density at radius 1 is 0.955 bits per heavy atom. The number of halogens is 6. The fourth-order valence-electron chi connectivity index (χ4n) is 1.63. The molecule has 0 aliphatic heterocycles. The molecule has 0 saturated heterocycles. The van der Waals surface area contributed by atoms with Crippen molar-refractivity contribution in [2.45, 2.75) is 6.18 Å². The van der Waals surface area contributed by atoms with Crippen LogP contribution in [0.3, 0.4) is 0 Å². The molecule has 0 aliphatic rings. The molecule has 0 unspecified atom stereocenters. The van der Waals surface area contributed by atoms with Crippen molar-refractivity contribution in [3.63, 3.8) is 0 Å². The van der Waals surface area contributed by atoms with Crippen molar-refractivity contribution in [3.8, 4) is 0 Å². The van der Waals surface area contributed by atoms with E-state index in [0.29, 0.717) is 0 Å². The minimum absolute atomic E-state index is 0.0441. The Morgan fingerprint density at radius 2 is 1.55 bits per heavy atom. The normalized spacial score (nSPS) is 11.4. The molecule has 0 saturated carbocycles. The van der Waals surface area contributed by atoms with Gasteiger partial charge < -0.3 is 5.32 Å². The molecule has 2 rings (SSSR count). The summed E-state index contributed by atoms with van der Waals surface area (Å²) in [6.07, 6.45) is -4.51. The van der Waals surface area contributed by atoms with Crippen LogP contribution >= 0.6 is 22.6 Å². The number of anilines is 1. The lowest BCUT2D eigenvalue weighted by Crippen LogP contribution is -2.14. The molecule has 1 N–H and O–H groups in total. The summed E-state index contributed by atoms with van der Waals surface area (Å²) < 4.78 is 64.3. The van der Waals surface area contributed by atoms with Crippen molar-refractivity contribution < 1.29 is 26.7 Å². The Bertz CT molecular complexity index is 712. The van der Waals surface area contributed by atoms with Crippen LogP contribution in [0.2, 0.25) is 0 Å². The third-order valence-corrected chi connectivity index (χ3v) is 3.59. The maximum Gasteiger partial charge on any atom is 0.416 e. The van der Waals surface area contributed by atoms with E-state index >= 15 is 0 Å². The zero-order valence-electron chi connectivity index (χ0n) is 10.6. The summed E-state index contributed by atoms with van der Waals surface area (Å²) >= 11 is 1.59. The summed E-state index contributed by atoms with van der Waals surface area (Å²) in [7, 11) is 0. The number of hydrogen-bond donors (Lipinski definition) is 1. The molecule has 2 aromatic carbocycles. The van der Waals surface area contributed by atoms with E-state index in [1.54, 1.807) is 22.6 Å². The average Bonchev–Trinajstić information content (AvgIpc) is 2.47. The van der Waals surface area contributed by atoms with Crippen LogP contribution in [0.5, 0.6) is 0 Å². The average molecular weight is 427 g/mol. The SMILES string of the molecule is O=C(Nc1ccc(I)c(F)c1F)c1ccc(C(F)(F)F)cc1. The summed E-state index contributed by atoms with van der Waals surface area (Å²) in [6.45, 7) is 0. The second-order valence-electron chi connectivity index (χ2n) is 4.25. The van der Waals surface area contributed by atoms with Gasteiger partial charge in [-0.25, -0.2) is 8.78 Å². The third kappa shape index (κ3) is 3.54. The summed E-state index contributed by atoms with van der Waals surface area (Å²) in [6, 6.07) is 5.82. The van der Waals surface area contributed by atoms with Gasteiger partial charge in [0.25, 0.3) is 5.91 Å². The maximum atomic E-state index is 13.6. The van der Waals surface area contributed by atoms with Gasteiger partial charge in [0, 0.05) is 5.56 Å². The lowest BCUT2D eigenvalue weighted by atomic mass is 10.1. The number of hydrogen-bond acceptors (Lipinski definition) is 1. The van der Waals surface area contributed by atoms with Crippen molar-refractivity contribution in [1.82, 2.24) is 0 Å². The summed E-state index contributed by atoms with van der Waals surface area (Å²) in [5.41, 5.74) is -1.40. The number of benzene rings is 2. The number of nitrogens with one attached hydrogen (secondary N) is 1. The predicted octanol–water partition coefficient (Wildman–Crippen LogP) is 4.84. The van der Waals surface area contributed by atoms with Gasteiger partial charge in [0.15, 0.2) is 11.6 Å². The Morgan fingerprint density at radius 3 is 2.09 bits per heavy atom. The van der Waals surface area contributed by atoms with Crippen LogP contribution in [0.4, 0.5) is 27.6 Å². The highest BCUT2D eigenvalue weighted by molar-refractivity contribution is 14.1. The summed E-state index contributed by atoms with van der Waals surface area (Å²) in [5.74, 6) is -3.17. The highest BCUT2D eigenvalue weighted by atomic mass is 127. The molecule has 0 radical (unpaired) electrons. The summed E-state index contributed by atoms with van der Waals surface area (Å²) in [4.78, 5) is 11.8. The quantitative estimate of drug-likeness (QED) is 0.415. The third-order valence-electron chi connectivity index (χ3n) is 2.76. The van der Waals surface area contributed by atoms with Gasteiger partial charge in [-0.05, 0) is 59.0 Å². The molecule has 2 nitrogen and oxygen atoms in total. The topological polar surface area (TPSA) is 29.1 Å². The Balaban J connectivity index is 2.21. The smallest absolute Gasteiger partial charge is 0.319 e. The zero-order chi connectivity index (χ0) is 16.5. The molecular formula is C14H7F5INO. The number of amides is 1. The van der Waals surface area contributed by atoms with Crippen LogP contribution in [-0.2, 0) is 6.18 Å². The standard InChI is InChI=1S/C14H7F5INO/c15-11-9(20)5-6-10(12(11)16)21-13(22)7-1-3-8(4-2-7)14(17,18)19/h1-6H,(H,21,22). The molecule has 22 heavy (non-hydrogen) atoms. The molecule has 8 heteroatoms. The Labute approximate surface area is 135 Å². The lowest BCUT2D eigenvalue weighted by molar-refractivity contribution is -0.137. The lowest BCUT2D eigenvalue weighted by Gasteiger charge is -2.09. The van der Waals surface area contributed by atoms with Crippen molar-refractivity contribution >= 4 is 34.2 Å². The Kier molecular flexibility index (Phi) is 4.69. The van der Waals surface area contributed by atoms with Crippen LogP contribution < -0.4 is 5.32 Å². The molecule has 0 aromatic heterocycles. The summed E-state index contributed by atoms with van der Waals surface area (Å²) in [5, 5.41) is 2.11. The van der Waals surface area contributed by atoms with E-state index in [-0.39, 0.29) is 14.8 Å². The van der Waals surface area contributed by atoms with E-state index in [1.807, 2.05) is 0 Å². The largest absolute Gasteiger partial charge is 0.416 e. The van der Waals surface area contributed by atoms with Gasteiger partial charge in [0.1, 0.15) is 0 Å². The molecule has 0 aliphatic carbocycles. The molecular weight excluding hydrogens is 420 g/mol. The van der Waals surface area contributed by atoms with Crippen LogP contribution in [0.15, 0.2) is 36.4 Å². The zero-order valence-corrected chi connectivity index (χ0v) is 12.8. The van der Waals surface area contributed by atoms with Gasteiger partial charge in [-0.2, -0.15) is 13.2 Å². The van der Waals surface area contributed by atoms with Crippen molar-refractivity contribution in [2.75, 3.05) is 5.32 Å². The van der Waals surface area contributed by atoms with Crippen LogP contribution in [0.25, 0.3) is 0 Å². The van der Waals surface area contributed by atoms with E-state index in [2.05, 4.69) is 5.32 Å². The van der Waals surface area contributed by atoms with Gasteiger partial charge in [-0.3, -0.25) is 4.79 Å². The van der Waals surface area contributed by atoms with E-state index < -0.39 is 29.3 Å². The van der Waals surface area contributed by atoms with Crippen molar-refractivity contribution in [1.29, 1.82) is 0 Å².